The van der Waals surface area contributed by atoms with Gasteiger partial charge in [0.05, 0.1) is 0 Å². The molecule has 1 aliphatic rings. The van der Waals surface area contributed by atoms with Crippen LogP contribution >= 0.6 is 11.6 Å². The Balaban J connectivity index is 1.50. The Bertz CT molecular complexity index is 729. The fourth-order valence-corrected chi connectivity index (χ4v) is 3.85. The second-order valence-corrected chi connectivity index (χ2v) is 7.77. The maximum absolute atomic E-state index is 5.82. The Hall–Kier alpha value is -1.78. The molecule has 26 heavy (non-hydrogen) atoms. The van der Waals surface area contributed by atoms with Gasteiger partial charge in [-0.05, 0) is 67.7 Å². The zero-order chi connectivity index (χ0) is 18.2. The lowest BCUT2D eigenvalue weighted by Gasteiger charge is -2.26. The summed E-state index contributed by atoms with van der Waals surface area (Å²) in [5.41, 5.74) is 3.95. The molecule has 0 amide bonds. The van der Waals surface area contributed by atoms with Crippen LogP contribution in [0.5, 0.6) is 0 Å². The van der Waals surface area contributed by atoms with Crippen LogP contribution in [0.4, 0.5) is 0 Å². The van der Waals surface area contributed by atoms with E-state index in [2.05, 4.69) is 48.0 Å². The Morgan fingerprint density at radius 1 is 1.00 bits per heavy atom. The van der Waals surface area contributed by atoms with E-state index >= 15 is 0 Å². The molecule has 1 saturated carbocycles. The predicted octanol–water partition coefficient (Wildman–Crippen LogP) is 6.79. The molecule has 0 spiro atoms. The van der Waals surface area contributed by atoms with Crippen molar-refractivity contribution in [2.24, 2.45) is 5.92 Å². The standard InChI is InChI=1S/C24H28ClN/c1-2-3-4-5-19-8-13-22(14-9-19)23-15-10-20(11-16-23)6-7-21-12-17-24(25)26-18-21/h8-9,12-14,17-18,20,23H,2-5,10-11,15-16H2,1H3/t20-,23-. The van der Waals surface area contributed by atoms with Crippen LogP contribution in [0.2, 0.25) is 5.15 Å². The number of benzene rings is 1. The van der Waals surface area contributed by atoms with E-state index in [4.69, 9.17) is 11.6 Å². The van der Waals surface area contributed by atoms with Crippen molar-refractivity contribution in [1.82, 2.24) is 4.98 Å². The van der Waals surface area contributed by atoms with E-state index in [1.165, 1.54) is 62.5 Å². The molecule has 0 saturated heterocycles. The van der Waals surface area contributed by atoms with Gasteiger partial charge in [-0.25, -0.2) is 4.98 Å². The summed E-state index contributed by atoms with van der Waals surface area (Å²) in [5.74, 6) is 7.90. The number of aromatic nitrogens is 1. The van der Waals surface area contributed by atoms with Gasteiger partial charge in [0.2, 0.25) is 0 Å². The maximum atomic E-state index is 5.82. The molecule has 1 aliphatic carbocycles. The number of nitrogens with zero attached hydrogens (tertiary/aromatic N) is 1. The maximum Gasteiger partial charge on any atom is 0.129 e. The minimum absolute atomic E-state index is 0.509. The molecule has 1 nitrogen and oxygen atoms in total. The van der Waals surface area contributed by atoms with Crippen LogP contribution in [-0.4, -0.2) is 4.98 Å². The summed E-state index contributed by atoms with van der Waals surface area (Å²) in [6.07, 6.45) is 11.8. The summed E-state index contributed by atoms with van der Waals surface area (Å²) in [5, 5.41) is 0.521. The minimum atomic E-state index is 0.509. The highest BCUT2D eigenvalue weighted by Gasteiger charge is 2.21. The van der Waals surface area contributed by atoms with Crippen molar-refractivity contribution in [2.45, 2.75) is 64.2 Å². The molecule has 0 bridgehead atoms. The van der Waals surface area contributed by atoms with E-state index in [0.717, 1.165) is 5.56 Å². The molecule has 2 aromatic rings. The summed E-state index contributed by atoms with van der Waals surface area (Å²) < 4.78 is 0. The lowest BCUT2D eigenvalue weighted by molar-refractivity contribution is 0.384. The third-order valence-corrected chi connectivity index (χ3v) is 5.62. The van der Waals surface area contributed by atoms with Gasteiger partial charge >= 0.3 is 0 Å². The summed E-state index contributed by atoms with van der Waals surface area (Å²) in [4.78, 5) is 4.09. The van der Waals surface area contributed by atoms with E-state index in [-0.39, 0.29) is 0 Å². The van der Waals surface area contributed by atoms with Crippen LogP contribution in [0.3, 0.4) is 0 Å². The molecular weight excluding hydrogens is 338 g/mol. The van der Waals surface area contributed by atoms with Crippen molar-refractivity contribution < 1.29 is 0 Å². The smallest absolute Gasteiger partial charge is 0.129 e. The lowest BCUT2D eigenvalue weighted by atomic mass is 9.78. The molecule has 0 radical (unpaired) electrons. The van der Waals surface area contributed by atoms with E-state index in [9.17, 15) is 0 Å². The fraction of sp³-hybridized carbons (Fsp3) is 0.458. The number of halogens is 1. The van der Waals surface area contributed by atoms with Gasteiger partial charge in [0, 0.05) is 17.7 Å². The minimum Gasteiger partial charge on any atom is -0.243 e. The first-order valence-corrected chi connectivity index (χ1v) is 10.3. The number of hydrogen-bond acceptors (Lipinski definition) is 1. The first kappa shape index (κ1) is 19.0. The highest BCUT2D eigenvalue weighted by molar-refractivity contribution is 6.29. The van der Waals surface area contributed by atoms with E-state index in [1.54, 1.807) is 12.3 Å². The van der Waals surface area contributed by atoms with Gasteiger partial charge < -0.3 is 0 Å². The first-order chi connectivity index (χ1) is 12.7. The van der Waals surface area contributed by atoms with Crippen molar-refractivity contribution in [1.29, 1.82) is 0 Å². The Kier molecular flexibility index (Phi) is 7.15. The molecule has 1 aromatic heterocycles. The van der Waals surface area contributed by atoms with Crippen molar-refractivity contribution >= 4 is 11.6 Å². The molecule has 136 valence electrons. The van der Waals surface area contributed by atoms with E-state index < -0.39 is 0 Å². The van der Waals surface area contributed by atoms with E-state index in [0.29, 0.717) is 17.0 Å². The molecule has 0 atom stereocenters. The van der Waals surface area contributed by atoms with Crippen LogP contribution in [0.1, 0.15) is 74.5 Å². The van der Waals surface area contributed by atoms with Gasteiger partial charge in [0.1, 0.15) is 5.15 Å². The topological polar surface area (TPSA) is 12.9 Å². The first-order valence-electron chi connectivity index (χ1n) is 9.96. The molecule has 1 aromatic carbocycles. The number of unbranched alkanes of at least 4 members (excludes halogenated alkanes) is 2. The lowest BCUT2D eigenvalue weighted by Crippen LogP contribution is -2.12. The van der Waals surface area contributed by atoms with Gasteiger partial charge in [-0.2, -0.15) is 0 Å². The Morgan fingerprint density at radius 2 is 1.77 bits per heavy atom. The highest BCUT2D eigenvalue weighted by atomic mass is 35.5. The number of hydrogen-bond donors (Lipinski definition) is 0. The number of aryl methyl sites for hydroxylation is 1. The largest absolute Gasteiger partial charge is 0.243 e. The van der Waals surface area contributed by atoms with Crippen LogP contribution in [-0.2, 0) is 6.42 Å². The van der Waals surface area contributed by atoms with E-state index in [1.807, 2.05) is 6.07 Å². The van der Waals surface area contributed by atoms with Gasteiger partial charge in [0.25, 0.3) is 0 Å². The monoisotopic (exact) mass is 365 g/mol. The second kappa shape index (κ2) is 9.79. The molecule has 0 N–H and O–H groups in total. The molecule has 2 heteroatoms. The average Bonchev–Trinajstić information content (AvgIpc) is 2.69. The Labute approximate surface area is 163 Å². The fourth-order valence-electron chi connectivity index (χ4n) is 3.74. The van der Waals surface area contributed by atoms with Crippen molar-refractivity contribution in [3.05, 3.63) is 64.4 Å². The molecule has 3 rings (SSSR count). The summed E-state index contributed by atoms with van der Waals surface area (Å²) in [6, 6.07) is 13.1. The second-order valence-electron chi connectivity index (χ2n) is 7.39. The molecule has 1 fully saturated rings. The number of pyridine rings is 1. The molecule has 0 aliphatic heterocycles. The van der Waals surface area contributed by atoms with Crippen LogP contribution in [0.25, 0.3) is 0 Å². The quantitative estimate of drug-likeness (QED) is 0.323. The highest BCUT2D eigenvalue weighted by Crippen LogP contribution is 2.35. The van der Waals surface area contributed by atoms with Crippen LogP contribution in [0, 0.1) is 17.8 Å². The van der Waals surface area contributed by atoms with Crippen LogP contribution < -0.4 is 0 Å². The molecule has 0 unspecified atom stereocenters. The summed E-state index contributed by atoms with van der Waals surface area (Å²) in [6.45, 7) is 2.26. The zero-order valence-corrected chi connectivity index (χ0v) is 16.4. The van der Waals surface area contributed by atoms with Crippen molar-refractivity contribution in [2.75, 3.05) is 0 Å². The molecule has 1 heterocycles. The van der Waals surface area contributed by atoms with Gasteiger partial charge in [-0.1, -0.05) is 67.5 Å². The van der Waals surface area contributed by atoms with Crippen molar-refractivity contribution in [3.8, 4) is 11.8 Å². The summed E-state index contributed by atoms with van der Waals surface area (Å²) >= 11 is 5.82. The third kappa shape index (κ3) is 5.61. The SMILES string of the molecule is CCCCCc1ccc([C@H]2CC[C@H](C#Cc3ccc(Cl)nc3)CC2)cc1. The van der Waals surface area contributed by atoms with Crippen LogP contribution in [0.15, 0.2) is 42.6 Å². The predicted molar refractivity (Wildman–Crippen MR) is 110 cm³/mol. The van der Waals surface area contributed by atoms with Gasteiger partial charge in [-0.3, -0.25) is 0 Å². The van der Waals surface area contributed by atoms with Crippen molar-refractivity contribution in [3.63, 3.8) is 0 Å². The summed E-state index contributed by atoms with van der Waals surface area (Å²) in [7, 11) is 0. The molecular formula is C24H28ClN. The zero-order valence-electron chi connectivity index (χ0n) is 15.7. The third-order valence-electron chi connectivity index (χ3n) is 5.40. The number of rotatable bonds is 5. The normalized spacial score (nSPS) is 19.6. The Morgan fingerprint density at radius 3 is 2.42 bits per heavy atom. The van der Waals surface area contributed by atoms with Gasteiger partial charge in [-0.15, -0.1) is 0 Å². The van der Waals surface area contributed by atoms with Gasteiger partial charge in [0.15, 0.2) is 0 Å². The average molecular weight is 366 g/mol.